The average Bonchev–Trinajstić information content (AvgIpc) is 3.50. The number of pyridine rings is 1. The monoisotopic (exact) mass is 753 g/mol. The zero-order chi connectivity index (χ0) is 38.7. The molecule has 0 saturated carbocycles. The van der Waals surface area contributed by atoms with Crippen LogP contribution in [0.15, 0.2) is 84.9 Å². The first kappa shape index (κ1) is 37.9. The number of hydrogen-bond donors (Lipinski definition) is 0. The van der Waals surface area contributed by atoms with Gasteiger partial charge in [-0.1, -0.05) is 66.7 Å². The van der Waals surface area contributed by atoms with Crippen molar-refractivity contribution in [2.24, 2.45) is 13.0 Å². The van der Waals surface area contributed by atoms with Crippen LogP contribution >= 0.6 is 0 Å². The van der Waals surface area contributed by atoms with Crippen LogP contribution in [-0.4, -0.2) is 75.2 Å². The molecule has 9 nitrogen and oxygen atoms in total. The van der Waals surface area contributed by atoms with Crippen LogP contribution in [0, 0.1) is 17.6 Å². The number of aromatic nitrogens is 3. The number of amides is 1. The number of nitrogens with zero attached hydrogens (tertiary/aromatic N) is 5. The molecule has 2 aliphatic rings. The maximum Gasteiger partial charge on any atom is 0.410 e. The lowest BCUT2D eigenvalue weighted by molar-refractivity contribution is 0.00199. The Morgan fingerprint density at radius 3 is 2.25 bits per heavy atom. The first-order chi connectivity index (χ1) is 26.4. The smallest absolute Gasteiger partial charge is 0.410 e. The number of likely N-dealkylation sites (tertiary alicyclic amines) is 1. The second-order valence-corrected chi connectivity index (χ2v) is 15.2. The molecule has 288 valence electrons. The Kier molecular flexibility index (Phi) is 11.1. The first-order valence-electron chi connectivity index (χ1n) is 18.7. The van der Waals surface area contributed by atoms with E-state index in [1.54, 1.807) is 40.0 Å². The maximum atomic E-state index is 16.5. The molecule has 1 saturated heterocycles. The fraction of sp³-hybridized carbons (Fsp3) is 0.372. The SMILES string of the molecule is Cn1nc(-c2ccc(OCc3ccccc3)nc2OCc2ccccc2)c2cc(F)c(C3=CCN(CC4CCN(C(=O)OC(C)(C)C)CC4F)CC3)c(F)c21. The van der Waals surface area contributed by atoms with Crippen LogP contribution in [-0.2, 0) is 25.0 Å². The van der Waals surface area contributed by atoms with Gasteiger partial charge in [0.15, 0.2) is 5.82 Å². The second kappa shape index (κ2) is 16.2. The summed E-state index contributed by atoms with van der Waals surface area (Å²) in [5.74, 6) is -1.09. The maximum absolute atomic E-state index is 16.5. The Morgan fingerprint density at radius 2 is 1.62 bits per heavy atom. The van der Waals surface area contributed by atoms with E-state index in [4.69, 9.17) is 14.2 Å². The third-order valence-electron chi connectivity index (χ3n) is 9.99. The van der Waals surface area contributed by atoms with Crippen molar-refractivity contribution >= 4 is 22.6 Å². The molecule has 2 unspecified atom stereocenters. The van der Waals surface area contributed by atoms with Crippen molar-refractivity contribution < 1.29 is 32.2 Å². The number of carbonyl (C=O) groups is 1. The summed E-state index contributed by atoms with van der Waals surface area (Å²) < 4.78 is 66.9. The summed E-state index contributed by atoms with van der Waals surface area (Å²) in [6.07, 6.45) is 1.03. The third kappa shape index (κ3) is 8.80. The summed E-state index contributed by atoms with van der Waals surface area (Å²) in [6, 6.07) is 24.1. The van der Waals surface area contributed by atoms with E-state index in [0.717, 1.165) is 11.1 Å². The number of ether oxygens (including phenoxy) is 3. The zero-order valence-electron chi connectivity index (χ0n) is 31.6. The third-order valence-corrected chi connectivity index (χ3v) is 9.99. The molecular weight excluding hydrogens is 707 g/mol. The van der Waals surface area contributed by atoms with Crippen molar-refractivity contribution in [1.82, 2.24) is 24.6 Å². The van der Waals surface area contributed by atoms with Gasteiger partial charge in [-0.25, -0.2) is 18.0 Å². The molecule has 0 bridgehead atoms. The average molecular weight is 754 g/mol. The Labute approximate surface area is 319 Å². The molecule has 5 aromatic rings. The van der Waals surface area contributed by atoms with Crippen molar-refractivity contribution in [1.29, 1.82) is 0 Å². The number of carbonyl (C=O) groups excluding carboxylic acids is 1. The molecule has 2 atom stereocenters. The summed E-state index contributed by atoms with van der Waals surface area (Å²) in [7, 11) is 1.63. The molecule has 0 N–H and O–H groups in total. The number of aryl methyl sites for hydroxylation is 1. The molecule has 1 fully saturated rings. The lowest BCUT2D eigenvalue weighted by Gasteiger charge is -2.38. The van der Waals surface area contributed by atoms with Gasteiger partial charge in [-0.2, -0.15) is 10.1 Å². The van der Waals surface area contributed by atoms with Crippen molar-refractivity contribution in [3.63, 3.8) is 0 Å². The molecule has 0 spiro atoms. The highest BCUT2D eigenvalue weighted by atomic mass is 19.1. The van der Waals surface area contributed by atoms with Crippen LogP contribution in [0.3, 0.4) is 0 Å². The van der Waals surface area contributed by atoms with Crippen LogP contribution < -0.4 is 9.47 Å². The number of piperidine rings is 1. The van der Waals surface area contributed by atoms with Crippen LogP contribution in [0.4, 0.5) is 18.0 Å². The van der Waals surface area contributed by atoms with Gasteiger partial charge >= 0.3 is 6.09 Å². The van der Waals surface area contributed by atoms with Gasteiger partial charge in [-0.3, -0.25) is 9.58 Å². The Bertz CT molecular complexity index is 2170. The van der Waals surface area contributed by atoms with Crippen LogP contribution in [0.1, 0.15) is 50.3 Å². The summed E-state index contributed by atoms with van der Waals surface area (Å²) >= 11 is 0. The first-order valence-corrected chi connectivity index (χ1v) is 18.7. The highest BCUT2D eigenvalue weighted by Gasteiger charge is 2.35. The van der Waals surface area contributed by atoms with Gasteiger partial charge in [-0.05, 0) is 62.4 Å². The number of fused-ring (bicyclic) bond motifs is 1. The quantitative estimate of drug-likeness (QED) is 0.141. The van der Waals surface area contributed by atoms with Crippen LogP contribution in [0.5, 0.6) is 11.8 Å². The van der Waals surface area contributed by atoms with Crippen molar-refractivity contribution in [3.8, 4) is 23.0 Å². The summed E-state index contributed by atoms with van der Waals surface area (Å²) in [5.41, 5.74) is 2.68. The van der Waals surface area contributed by atoms with E-state index < -0.39 is 29.5 Å². The normalized spacial score (nSPS) is 17.9. The second-order valence-electron chi connectivity index (χ2n) is 15.2. The zero-order valence-corrected chi connectivity index (χ0v) is 31.6. The predicted octanol–water partition coefficient (Wildman–Crippen LogP) is 8.76. The van der Waals surface area contributed by atoms with Gasteiger partial charge in [0, 0.05) is 50.6 Å². The summed E-state index contributed by atoms with van der Waals surface area (Å²) in [6.45, 7) is 7.70. The van der Waals surface area contributed by atoms with E-state index >= 15 is 13.2 Å². The largest absolute Gasteiger partial charge is 0.473 e. The molecule has 0 radical (unpaired) electrons. The number of alkyl halides is 1. The Hall–Kier alpha value is -5.36. The molecule has 0 aliphatic carbocycles. The molecule has 12 heteroatoms. The Morgan fingerprint density at radius 1 is 0.927 bits per heavy atom. The fourth-order valence-corrected chi connectivity index (χ4v) is 7.19. The topological polar surface area (TPSA) is 82.0 Å². The van der Waals surface area contributed by atoms with Gasteiger partial charge in [0.1, 0.15) is 42.0 Å². The summed E-state index contributed by atoms with van der Waals surface area (Å²) in [4.78, 5) is 20.7. The van der Waals surface area contributed by atoms with Gasteiger partial charge in [0.05, 0.1) is 17.7 Å². The van der Waals surface area contributed by atoms with E-state index in [1.165, 1.54) is 15.6 Å². The molecule has 1 amide bonds. The minimum atomic E-state index is -1.19. The van der Waals surface area contributed by atoms with Crippen LogP contribution in [0.2, 0.25) is 0 Å². The van der Waals surface area contributed by atoms with Crippen molar-refractivity contribution in [2.75, 3.05) is 32.7 Å². The van der Waals surface area contributed by atoms with E-state index in [1.807, 2.05) is 66.7 Å². The van der Waals surface area contributed by atoms with E-state index in [2.05, 4.69) is 15.0 Å². The van der Waals surface area contributed by atoms with Gasteiger partial charge < -0.3 is 19.1 Å². The molecule has 7 rings (SSSR count). The lowest BCUT2D eigenvalue weighted by Crippen LogP contribution is -2.49. The van der Waals surface area contributed by atoms with E-state index in [9.17, 15) is 4.79 Å². The van der Waals surface area contributed by atoms with Gasteiger partial charge in [0.25, 0.3) is 0 Å². The molecular formula is C43H46F3N5O4. The van der Waals surface area contributed by atoms with Crippen LogP contribution in [0.25, 0.3) is 27.7 Å². The lowest BCUT2D eigenvalue weighted by atomic mass is 9.92. The number of hydrogen-bond acceptors (Lipinski definition) is 7. The summed E-state index contributed by atoms with van der Waals surface area (Å²) in [5, 5.41) is 4.95. The predicted molar refractivity (Wildman–Crippen MR) is 205 cm³/mol. The van der Waals surface area contributed by atoms with E-state index in [-0.39, 0.29) is 41.4 Å². The molecule has 4 heterocycles. The van der Waals surface area contributed by atoms with Gasteiger partial charge in [-0.15, -0.1) is 0 Å². The minimum absolute atomic E-state index is 0.0134. The van der Waals surface area contributed by atoms with Crippen molar-refractivity contribution in [3.05, 3.63) is 113 Å². The number of halogens is 3. The molecule has 2 aromatic heterocycles. The molecule has 55 heavy (non-hydrogen) atoms. The number of rotatable bonds is 10. The van der Waals surface area contributed by atoms with Crippen molar-refractivity contribution in [2.45, 2.75) is 58.6 Å². The highest BCUT2D eigenvalue weighted by molar-refractivity contribution is 5.96. The molecule has 3 aromatic carbocycles. The Balaban J connectivity index is 1.10. The standard InChI is InChI=1S/C43H46F3N5O4/c1-43(2,3)55-42(52)51-22-19-31(35(45)25-51)24-50-20-17-30(18-21-50)37-34(44)23-33-39(48-49(4)40(33)38(37)46)32-15-16-36(53-26-28-11-7-5-8-12-28)47-41(32)54-27-29-13-9-6-10-14-29/h5-17,23,31,35H,18-22,24-27H2,1-4H3. The van der Waals surface area contributed by atoms with E-state index in [0.29, 0.717) is 68.3 Å². The highest BCUT2D eigenvalue weighted by Crippen LogP contribution is 2.39. The van der Waals surface area contributed by atoms with Gasteiger partial charge in [0.2, 0.25) is 11.8 Å². The number of benzene rings is 3. The fourth-order valence-electron chi connectivity index (χ4n) is 7.19. The molecule has 2 aliphatic heterocycles. The minimum Gasteiger partial charge on any atom is -0.473 e.